The van der Waals surface area contributed by atoms with Gasteiger partial charge in [-0.3, -0.25) is 0 Å². The Labute approximate surface area is 251 Å². The highest BCUT2D eigenvalue weighted by molar-refractivity contribution is 5.89. The van der Waals surface area contributed by atoms with Crippen molar-refractivity contribution in [3.8, 4) is 17.6 Å². The van der Waals surface area contributed by atoms with E-state index in [1.807, 2.05) is 19.1 Å². The van der Waals surface area contributed by atoms with Crippen molar-refractivity contribution in [1.82, 2.24) is 5.32 Å². The maximum absolute atomic E-state index is 12.5. The molecule has 0 bridgehead atoms. The number of alkyl halides is 3. The first-order chi connectivity index (χ1) is 20.2. The number of carbonyl (C=O) groups is 1. The van der Waals surface area contributed by atoms with Gasteiger partial charge in [-0.1, -0.05) is 43.8 Å². The molecular weight excluding hydrogens is 559 g/mol. The van der Waals surface area contributed by atoms with E-state index in [1.54, 1.807) is 42.5 Å². The van der Waals surface area contributed by atoms with Gasteiger partial charge in [0.1, 0.15) is 12.7 Å². The number of rotatable bonds is 14. The molecule has 1 aliphatic rings. The second-order valence-electron chi connectivity index (χ2n) is 10.1. The Morgan fingerprint density at radius 1 is 1.05 bits per heavy atom. The molecule has 0 unspecified atom stereocenters. The summed E-state index contributed by atoms with van der Waals surface area (Å²) in [7, 11) is 0. The number of hydrogen-bond acceptors (Lipinski definition) is 7. The molecule has 4 rings (SSSR count). The fourth-order valence-electron chi connectivity index (χ4n) is 4.94. The average Bonchev–Trinajstić information content (AvgIpc) is 3.39. The Balaban J connectivity index is 0.00000506. The predicted molar refractivity (Wildman–Crippen MR) is 160 cm³/mol. The number of esters is 1. The van der Waals surface area contributed by atoms with Gasteiger partial charge < -0.3 is 24.4 Å². The fourth-order valence-corrected chi connectivity index (χ4v) is 4.94. The van der Waals surface area contributed by atoms with Crippen LogP contribution in [0.15, 0.2) is 66.7 Å². The van der Waals surface area contributed by atoms with E-state index in [0.29, 0.717) is 43.7 Å². The lowest BCUT2D eigenvalue weighted by Gasteiger charge is -2.21. The lowest BCUT2D eigenvalue weighted by Crippen LogP contribution is -2.32. The van der Waals surface area contributed by atoms with Crippen LogP contribution in [-0.4, -0.2) is 57.6 Å². The van der Waals surface area contributed by atoms with Crippen LogP contribution in [0.1, 0.15) is 47.8 Å². The molecular formula is C33H38F3N3O4. The van der Waals surface area contributed by atoms with Crippen LogP contribution < -0.4 is 19.7 Å². The van der Waals surface area contributed by atoms with Gasteiger partial charge in [0.05, 0.1) is 23.4 Å². The number of anilines is 1. The molecule has 0 saturated heterocycles. The fraction of sp³-hybridized carbons (Fsp3) is 0.394. The largest absolute Gasteiger partial charge is 0.488 e. The van der Waals surface area contributed by atoms with E-state index < -0.39 is 12.8 Å². The second kappa shape index (κ2) is 15.8. The number of carbonyl (C=O) groups excluding carboxylic acids is 1. The molecule has 0 spiro atoms. The van der Waals surface area contributed by atoms with Gasteiger partial charge in [-0.05, 0) is 67.6 Å². The average molecular weight is 598 g/mol. The molecule has 10 heteroatoms. The van der Waals surface area contributed by atoms with Gasteiger partial charge in [0.15, 0.2) is 18.1 Å². The molecule has 0 aromatic heterocycles. The van der Waals surface area contributed by atoms with Gasteiger partial charge in [0, 0.05) is 25.7 Å². The summed E-state index contributed by atoms with van der Waals surface area (Å²) in [5.74, 6) is -0.0338. The third-order valence-electron chi connectivity index (χ3n) is 6.79. The maximum atomic E-state index is 12.5. The number of benzene rings is 3. The first kappa shape index (κ1) is 33.3. The highest BCUT2D eigenvalue weighted by Crippen LogP contribution is 2.33. The van der Waals surface area contributed by atoms with Crippen molar-refractivity contribution in [3.63, 3.8) is 0 Å². The van der Waals surface area contributed by atoms with E-state index in [0.717, 1.165) is 29.8 Å². The summed E-state index contributed by atoms with van der Waals surface area (Å²) in [6.07, 6.45) is -2.23. The molecule has 0 aliphatic carbocycles. The van der Waals surface area contributed by atoms with Crippen LogP contribution in [0.2, 0.25) is 0 Å². The van der Waals surface area contributed by atoms with Gasteiger partial charge in [-0.15, -0.1) is 0 Å². The summed E-state index contributed by atoms with van der Waals surface area (Å²) in [5.41, 5.74) is 4.30. The molecule has 7 nitrogen and oxygen atoms in total. The first-order valence-electron chi connectivity index (χ1n) is 13.9. The molecule has 3 aromatic carbocycles. The van der Waals surface area contributed by atoms with Crippen LogP contribution >= 0.6 is 0 Å². The Bertz CT molecular complexity index is 1380. The lowest BCUT2D eigenvalue weighted by atomic mass is 9.99. The van der Waals surface area contributed by atoms with Gasteiger partial charge in [-0.2, -0.15) is 18.4 Å². The zero-order chi connectivity index (χ0) is 30.0. The van der Waals surface area contributed by atoms with Crippen LogP contribution in [0.3, 0.4) is 0 Å². The summed E-state index contributed by atoms with van der Waals surface area (Å²) in [5, 5.41) is 13.3. The standard InChI is InChI=1S/C32H34F3N3O4.CH4/c1-23(37-13-17-40-28-10-5-6-11-29(28)42-22-32(33,34)35)18-24-19-26-12-15-38(30(26)27(20-24)21-36)14-7-16-41-31(39)25-8-3-2-4-9-25;/h2-6,8-11,19-20,23,37H,7,12-18,22H2,1H3;1H4/t23-;/m1./s1. The molecule has 0 radical (unpaired) electrons. The minimum absolute atomic E-state index is 0. The van der Waals surface area contributed by atoms with Crippen LogP contribution in [0.4, 0.5) is 18.9 Å². The second-order valence-corrected chi connectivity index (χ2v) is 10.1. The van der Waals surface area contributed by atoms with Gasteiger partial charge in [0.25, 0.3) is 0 Å². The predicted octanol–water partition coefficient (Wildman–Crippen LogP) is 6.34. The van der Waals surface area contributed by atoms with Crippen molar-refractivity contribution in [2.75, 3.05) is 44.4 Å². The Kier molecular flexibility index (Phi) is 12.3. The van der Waals surface area contributed by atoms with E-state index in [4.69, 9.17) is 14.2 Å². The monoisotopic (exact) mass is 597 g/mol. The molecule has 0 fully saturated rings. The number of para-hydroxylation sites is 2. The highest BCUT2D eigenvalue weighted by atomic mass is 19.4. The zero-order valence-corrected chi connectivity index (χ0v) is 23.5. The van der Waals surface area contributed by atoms with Crippen molar-refractivity contribution in [3.05, 3.63) is 89.0 Å². The Morgan fingerprint density at radius 3 is 2.44 bits per heavy atom. The molecule has 1 heterocycles. The van der Waals surface area contributed by atoms with Gasteiger partial charge >= 0.3 is 12.1 Å². The summed E-state index contributed by atoms with van der Waals surface area (Å²) >= 11 is 0. The van der Waals surface area contributed by atoms with Gasteiger partial charge in [-0.25, -0.2) is 4.79 Å². The number of nitrogens with zero attached hydrogens (tertiary/aromatic N) is 2. The molecule has 43 heavy (non-hydrogen) atoms. The van der Waals surface area contributed by atoms with E-state index in [1.165, 1.54) is 6.07 Å². The van der Waals surface area contributed by atoms with Crippen molar-refractivity contribution in [2.45, 2.75) is 45.8 Å². The van der Waals surface area contributed by atoms with Crippen molar-refractivity contribution >= 4 is 11.7 Å². The van der Waals surface area contributed by atoms with Crippen molar-refractivity contribution in [2.24, 2.45) is 0 Å². The van der Waals surface area contributed by atoms with E-state index >= 15 is 0 Å². The Morgan fingerprint density at radius 2 is 1.74 bits per heavy atom. The SMILES string of the molecule is C.C[C@H](Cc1cc(C#N)c2c(c1)CCN2CCCOC(=O)c1ccccc1)NCCOc1ccccc1OCC(F)(F)F. The molecule has 1 aliphatic heterocycles. The van der Waals surface area contributed by atoms with E-state index in [2.05, 4.69) is 22.4 Å². The lowest BCUT2D eigenvalue weighted by molar-refractivity contribution is -0.153. The van der Waals surface area contributed by atoms with E-state index in [-0.39, 0.29) is 37.5 Å². The smallest absolute Gasteiger partial charge is 0.422 e. The normalized spacial score (nSPS) is 13.0. The number of ether oxygens (including phenoxy) is 3. The molecule has 1 N–H and O–H groups in total. The Hall–Kier alpha value is -4.23. The number of nitrogens with one attached hydrogen (secondary N) is 1. The molecule has 3 aromatic rings. The van der Waals surface area contributed by atoms with Crippen LogP contribution in [-0.2, 0) is 17.6 Å². The third kappa shape index (κ3) is 9.93. The number of halogens is 3. The minimum atomic E-state index is -4.43. The highest BCUT2D eigenvalue weighted by Gasteiger charge is 2.29. The number of hydrogen-bond donors (Lipinski definition) is 1. The molecule has 230 valence electrons. The third-order valence-corrected chi connectivity index (χ3v) is 6.79. The van der Waals surface area contributed by atoms with Crippen LogP contribution in [0, 0.1) is 11.3 Å². The molecule has 0 amide bonds. The topological polar surface area (TPSA) is 83.8 Å². The summed E-state index contributed by atoms with van der Waals surface area (Å²) in [6.45, 7) is 3.18. The van der Waals surface area contributed by atoms with E-state index in [9.17, 15) is 23.2 Å². The number of fused-ring (bicyclic) bond motifs is 1. The summed E-state index contributed by atoms with van der Waals surface area (Å²) in [4.78, 5) is 14.3. The maximum Gasteiger partial charge on any atom is 0.422 e. The molecule has 1 atom stereocenters. The van der Waals surface area contributed by atoms with Gasteiger partial charge in [0.2, 0.25) is 0 Å². The minimum Gasteiger partial charge on any atom is -0.488 e. The quantitative estimate of drug-likeness (QED) is 0.171. The molecule has 0 saturated carbocycles. The number of nitriles is 1. The first-order valence-corrected chi connectivity index (χ1v) is 13.9. The summed E-state index contributed by atoms with van der Waals surface area (Å²) in [6, 6.07) is 21.7. The van der Waals surface area contributed by atoms with Crippen LogP contribution in [0.25, 0.3) is 0 Å². The van der Waals surface area contributed by atoms with Crippen molar-refractivity contribution in [1.29, 1.82) is 5.26 Å². The zero-order valence-electron chi connectivity index (χ0n) is 23.5. The van der Waals surface area contributed by atoms with Crippen molar-refractivity contribution < 1.29 is 32.2 Å². The summed E-state index contributed by atoms with van der Waals surface area (Å²) < 4.78 is 53.5. The van der Waals surface area contributed by atoms with Crippen LogP contribution in [0.5, 0.6) is 11.5 Å².